The summed E-state index contributed by atoms with van der Waals surface area (Å²) >= 11 is 0. The minimum absolute atomic E-state index is 0.0972. The summed E-state index contributed by atoms with van der Waals surface area (Å²) in [5.41, 5.74) is 9.68. The van der Waals surface area contributed by atoms with Crippen LogP contribution in [0.1, 0.15) is 30.5 Å². The molecule has 4 aromatic rings. The van der Waals surface area contributed by atoms with Crippen molar-refractivity contribution in [1.82, 2.24) is 0 Å². The van der Waals surface area contributed by atoms with Crippen molar-refractivity contribution in [2.45, 2.75) is 13.8 Å². The molecule has 0 aromatic heterocycles. The Hall–Kier alpha value is -3.64. The van der Waals surface area contributed by atoms with Crippen LogP contribution >= 0.6 is 0 Å². The lowest BCUT2D eigenvalue weighted by Crippen LogP contribution is -2.48. The Morgan fingerprint density at radius 1 is 0.594 bits per heavy atom. The Labute approximate surface area is 187 Å². The summed E-state index contributed by atoms with van der Waals surface area (Å²) in [6, 6.07) is 24.9. The topological polar surface area (TPSA) is 0 Å². The highest BCUT2D eigenvalue weighted by Gasteiger charge is 2.58. The van der Waals surface area contributed by atoms with E-state index in [1.807, 2.05) is 0 Å². The third kappa shape index (κ3) is 1.62. The third-order valence-electron chi connectivity index (χ3n) is 8.96. The number of hydrogen-bond donors (Lipinski definition) is 0. The lowest BCUT2D eigenvalue weighted by Gasteiger charge is -2.57. The van der Waals surface area contributed by atoms with Crippen LogP contribution < -0.4 is 5.22 Å². The summed E-state index contributed by atoms with van der Waals surface area (Å²) in [6.45, 7) is 4.96. The molecular formula is C32H22. The number of benzene rings is 4. The van der Waals surface area contributed by atoms with E-state index in [2.05, 4.69) is 111 Å². The Balaban J connectivity index is 1.63. The van der Waals surface area contributed by atoms with E-state index in [4.69, 9.17) is 0 Å². The fourth-order valence-electron chi connectivity index (χ4n) is 7.24. The zero-order valence-corrected chi connectivity index (χ0v) is 18.2. The van der Waals surface area contributed by atoms with Crippen LogP contribution in [-0.2, 0) is 0 Å². The highest BCUT2D eigenvalue weighted by Crippen LogP contribution is 2.69. The van der Waals surface area contributed by atoms with Crippen LogP contribution in [0, 0.1) is 10.8 Å². The van der Waals surface area contributed by atoms with Gasteiger partial charge in [0.2, 0.25) is 0 Å². The minimum Gasteiger partial charge on any atom is -0.0616 e. The van der Waals surface area contributed by atoms with E-state index >= 15 is 0 Å². The molecule has 4 aromatic carbocycles. The summed E-state index contributed by atoms with van der Waals surface area (Å²) in [6.07, 6.45) is 12.0. The molecule has 0 nitrogen and oxygen atoms in total. The van der Waals surface area contributed by atoms with Gasteiger partial charge in [0.1, 0.15) is 0 Å². The Bertz CT molecular complexity index is 1720. The lowest BCUT2D eigenvalue weighted by molar-refractivity contribution is 0.334. The van der Waals surface area contributed by atoms with Crippen LogP contribution in [0.2, 0.25) is 0 Å². The van der Waals surface area contributed by atoms with Crippen molar-refractivity contribution in [2.75, 3.05) is 0 Å². The van der Waals surface area contributed by atoms with Crippen LogP contribution in [-0.4, -0.2) is 0 Å². The van der Waals surface area contributed by atoms with E-state index in [0.717, 1.165) is 0 Å². The summed E-state index contributed by atoms with van der Waals surface area (Å²) in [7, 11) is 0. The molecule has 4 aliphatic rings. The quantitative estimate of drug-likeness (QED) is 0.287. The van der Waals surface area contributed by atoms with Crippen molar-refractivity contribution in [3.63, 3.8) is 0 Å². The van der Waals surface area contributed by atoms with E-state index in [1.54, 1.807) is 0 Å². The molecule has 0 N–H and O–H groups in total. The standard InChI is InChI=1S/C32H22/c1-31-22-12-15-27-24-13-10-19-7-5-8-20-11-14-25(30(24)29(19)20)28(32(27,31)2)17-16-26(31)23-9-4-3-6-21(23)18-22/h3-18H,1-2H3/t31-,32+/m0/s1. The van der Waals surface area contributed by atoms with Crippen molar-refractivity contribution < 1.29 is 0 Å². The first kappa shape index (κ1) is 17.0. The molecule has 0 bridgehead atoms. The molecule has 0 aliphatic heterocycles. The van der Waals surface area contributed by atoms with Gasteiger partial charge in [-0.1, -0.05) is 111 Å². The van der Waals surface area contributed by atoms with Crippen molar-refractivity contribution in [1.29, 1.82) is 0 Å². The first-order chi connectivity index (χ1) is 15.6. The zero-order chi connectivity index (χ0) is 21.2. The van der Waals surface area contributed by atoms with E-state index in [9.17, 15) is 0 Å². The van der Waals surface area contributed by atoms with E-state index in [0.29, 0.717) is 0 Å². The van der Waals surface area contributed by atoms with Gasteiger partial charge in [-0.25, -0.2) is 0 Å². The molecule has 2 atom stereocenters. The number of fused-ring (bicyclic) bond motifs is 3. The second-order valence-electron chi connectivity index (χ2n) is 10.0. The lowest BCUT2D eigenvalue weighted by atomic mass is 9.44. The van der Waals surface area contributed by atoms with Crippen LogP contribution in [0.15, 0.2) is 96.6 Å². The molecule has 32 heavy (non-hydrogen) atoms. The van der Waals surface area contributed by atoms with Crippen LogP contribution in [0.25, 0.3) is 44.3 Å². The molecule has 0 saturated carbocycles. The smallest absolute Gasteiger partial charge is 0.0321 e. The Kier molecular flexibility index (Phi) is 2.77. The SMILES string of the molecule is C[C@]12C3=Cc4ccccc4C1=CC=C1c4ccc5cccc6ccc(c4c56)=C(C=C3)[C@]12C. The Morgan fingerprint density at radius 2 is 1.34 bits per heavy atom. The molecule has 0 amide bonds. The van der Waals surface area contributed by atoms with Crippen molar-refractivity contribution in [2.24, 2.45) is 10.8 Å². The van der Waals surface area contributed by atoms with Gasteiger partial charge in [0.25, 0.3) is 0 Å². The zero-order valence-electron chi connectivity index (χ0n) is 18.2. The molecule has 0 radical (unpaired) electrons. The van der Waals surface area contributed by atoms with Crippen LogP contribution in [0.5, 0.6) is 0 Å². The van der Waals surface area contributed by atoms with Gasteiger partial charge in [-0.05, 0) is 65.7 Å². The molecule has 4 aliphatic carbocycles. The van der Waals surface area contributed by atoms with E-state index < -0.39 is 0 Å². The molecule has 0 spiro atoms. The fraction of sp³-hybridized carbons (Fsp3) is 0.125. The Morgan fingerprint density at radius 3 is 2.19 bits per heavy atom. The monoisotopic (exact) mass is 406 g/mol. The van der Waals surface area contributed by atoms with Crippen molar-refractivity contribution in [3.05, 3.63) is 119 Å². The fourth-order valence-corrected chi connectivity index (χ4v) is 7.24. The summed E-state index contributed by atoms with van der Waals surface area (Å²) in [5, 5.41) is 6.89. The number of rotatable bonds is 0. The van der Waals surface area contributed by atoms with Gasteiger partial charge in [0.05, 0.1) is 0 Å². The van der Waals surface area contributed by atoms with E-state index in [1.165, 1.54) is 65.7 Å². The molecule has 0 heterocycles. The number of allylic oxidation sites excluding steroid dienone is 7. The van der Waals surface area contributed by atoms with Gasteiger partial charge in [-0.3, -0.25) is 0 Å². The maximum Gasteiger partial charge on any atom is 0.0321 e. The van der Waals surface area contributed by atoms with Crippen LogP contribution in [0.4, 0.5) is 0 Å². The molecule has 0 fully saturated rings. The van der Waals surface area contributed by atoms with Crippen molar-refractivity contribution >= 4 is 44.3 Å². The van der Waals surface area contributed by atoms with E-state index in [-0.39, 0.29) is 10.8 Å². The van der Waals surface area contributed by atoms with Gasteiger partial charge in [-0.2, -0.15) is 0 Å². The minimum atomic E-state index is -0.113. The molecular weight excluding hydrogens is 384 g/mol. The van der Waals surface area contributed by atoms with Gasteiger partial charge < -0.3 is 0 Å². The normalized spacial score (nSPS) is 26.4. The maximum atomic E-state index is 2.49. The second kappa shape index (κ2) is 5.22. The highest BCUT2D eigenvalue weighted by atomic mass is 14.6. The largest absolute Gasteiger partial charge is 0.0616 e. The first-order valence-electron chi connectivity index (χ1n) is 11.5. The van der Waals surface area contributed by atoms with Gasteiger partial charge >= 0.3 is 0 Å². The number of hydrogen-bond acceptors (Lipinski definition) is 0. The van der Waals surface area contributed by atoms with Crippen LogP contribution in [0.3, 0.4) is 0 Å². The molecule has 0 unspecified atom stereocenters. The van der Waals surface area contributed by atoms with Gasteiger partial charge in [0, 0.05) is 10.8 Å². The predicted molar refractivity (Wildman–Crippen MR) is 136 cm³/mol. The summed E-state index contributed by atoms with van der Waals surface area (Å²) in [5.74, 6) is 0. The second-order valence-corrected chi connectivity index (χ2v) is 10.0. The molecule has 8 rings (SSSR count). The molecule has 150 valence electrons. The van der Waals surface area contributed by atoms with Crippen molar-refractivity contribution in [3.8, 4) is 0 Å². The van der Waals surface area contributed by atoms with Gasteiger partial charge in [-0.15, -0.1) is 0 Å². The molecule has 0 heteroatoms. The van der Waals surface area contributed by atoms with Gasteiger partial charge in [0.15, 0.2) is 0 Å². The summed E-state index contributed by atoms with van der Waals surface area (Å²) in [4.78, 5) is 0. The first-order valence-corrected chi connectivity index (χ1v) is 11.5. The highest BCUT2D eigenvalue weighted by molar-refractivity contribution is 6.18. The molecule has 0 saturated heterocycles. The average Bonchev–Trinajstić information content (AvgIpc) is 2.81. The summed E-state index contributed by atoms with van der Waals surface area (Å²) < 4.78 is 0. The predicted octanol–water partition coefficient (Wildman–Crippen LogP) is 7.34. The average molecular weight is 407 g/mol. The third-order valence-corrected chi connectivity index (χ3v) is 8.96. The maximum absolute atomic E-state index is 2.49.